The molecule has 0 aromatic carbocycles. The highest BCUT2D eigenvalue weighted by Gasteiger charge is 2.51. The molecule has 0 aromatic rings. The molecule has 10 heavy (non-hydrogen) atoms. The van der Waals surface area contributed by atoms with E-state index in [4.69, 9.17) is 4.84 Å². The maximum Gasteiger partial charge on any atom is 0.265 e. The van der Waals surface area contributed by atoms with Gasteiger partial charge in [-0.25, -0.2) is 0 Å². The third-order valence-electron chi connectivity index (χ3n) is 2.18. The predicted octanol–water partition coefficient (Wildman–Crippen LogP) is 1.58. The van der Waals surface area contributed by atoms with Crippen molar-refractivity contribution >= 4 is 9.90 Å². The maximum absolute atomic E-state index is 5.36. The van der Waals surface area contributed by atoms with Crippen molar-refractivity contribution in [3.63, 3.8) is 0 Å². The van der Waals surface area contributed by atoms with E-state index in [-0.39, 0.29) is 9.90 Å². The molecule has 1 heterocycles. The van der Waals surface area contributed by atoms with Gasteiger partial charge in [-0.15, -0.1) is 9.48 Å². The fourth-order valence-electron chi connectivity index (χ4n) is 1.26. The summed E-state index contributed by atoms with van der Waals surface area (Å²) in [5.41, 5.74) is 0. The third-order valence-corrected chi connectivity index (χ3v) is 2.18. The molecule has 0 bridgehead atoms. The lowest BCUT2D eigenvalue weighted by Crippen LogP contribution is -2.39. The van der Waals surface area contributed by atoms with Crippen LogP contribution in [0.5, 0.6) is 0 Å². The Morgan fingerprint density at radius 1 is 1.10 bits per heavy atom. The minimum absolute atomic E-state index is 0. The molecule has 3 heteroatoms. The van der Waals surface area contributed by atoms with Gasteiger partial charge in [0.25, 0.3) is 6.73 Å². The van der Waals surface area contributed by atoms with Crippen LogP contribution in [0.15, 0.2) is 0 Å². The van der Waals surface area contributed by atoms with Crippen LogP contribution in [0.3, 0.4) is 0 Å². The molecule has 1 fully saturated rings. The monoisotopic (exact) mass is 164 g/mol. The van der Waals surface area contributed by atoms with Crippen LogP contribution in [0.4, 0.5) is 0 Å². The van der Waals surface area contributed by atoms with Crippen molar-refractivity contribution in [3.05, 3.63) is 0 Å². The van der Waals surface area contributed by atoms with Crippen LogP contribution in [-0.4, -0.2) is 23.5 Å². The van der Waals surface area contributed by atoms with Crippen LogP contribution in [0.1, 0.15) is 27.7 Å². The number of quaternary nitrogens is 1. The van der Waals surface area contributed by atoms with Crippen molar-refractivity contribution < 1.29 is 9.48 Å². The standard InChI is InChI=1S/C7H16NO.H3P/c1-6(2)8(5-9-8)7(3)4;/h6-7H,5H2,1-4H3;1H3/q+1;. The molecule has 0 spiro atoms. The van der Waals surface area contributed by atoms with Crippen molar-refractivity contribution in [1.29, 1.82) is 0 Å². The Balaban J connectivity index is 0.000000810. The van der Waals surface area contributed by atoms with Gasteiger partial charge < -0.3 is 0 Å². The molecule has 1 aliphatic rings. The van der Waals surface area contributed by atoms with Crippen LogP contribution < -0.4 is 0 Å². The van der Waals surface area contributed by atoms with Gasteiger partial charge >= 0.3 is 0 Å². The molecule has 62 valence electrons. The predicted molar refractivity (Wildman–Crippen MR) is 47.6 cm³/mol. The molecule has 1 unspecified atom stereocenters. The molecular weight excluding hydrogens is 145 g/mol. The summed E-state index contributed by atoms with van der Waals surface area (Å²) in [6.07, 6.45) is 0. The second-order valence-electron chi connectivity index (χ2n) is 3.30. The summed E-state index contributed by atoms with van der Waals surface area (Å²) >= 11 is 0. The Kier molecular flexibility index (Phi) is 3.28. The number of rotatable bonds is 2. The van der Waals surface area contributed by atoms with Gasteiger partial charge in [-0.05, 0) is 27.7 Å². The molecule has 1 atom stereocenters. The average molecular weight is 164 g/mol. The second-order valence-corrected chi connectivity index (χ2v) is 3.30. The Morgan fingerprint density at radius 3 is 1.40 bits per heavy atom. The van der Waals surface area contributed by atoms with Crippen LogP contribution in [-0.2, 0) is 4.84 Å². The molecule has 0 aliphatic carbocycles. The number of hydrogen-bond acceptors (Lipinski definition) is 1. The minimum atomic E-state index is 0. The van der Waals surface area contributed by atoms with Crippen molar-refractivity contribution in [3.8, 4) is 0 Å². The summed E-state index contributed by atoms with van der Waals surface area (Å²) in [6.45, 7) is 9.72. The summed E-state index contributed by atoms with van der Waals surface area (Å²) in [7, 11) is 0. The van der Waals surface area contributed by atoms with E-state index < -0.39 is 0 Å². The third kappa shape index (κ3) is 1.50. The van der Waals surface area contributed by atoms with Gasteiger partial charge in [-0.1, -0.05) is 0 Å². The number of nitrogens with zero attached hydrogens (tertiary/aromatic N) is 1. The summed E-state index contributed by atoms with van der Waals surface area (Å²) in [5.74, 6) is 0. The van der Waals surface area contributed by atoms with Gasteiger partial charge in [-0.2, -0.15) is 9.90 Å². The highest BCUT2D eigenvalue weighted by Crippen LogP contribution is 2.31. The molecular formula is C7H19NOP+. The fourth-order valence-corrected chi connectivity index (χ4v) is 1.26. The van der Waals surface area contributed by atoms with Crippen molar-refractivity contribution in [2.45, 2.75) is 39.8 Å². The first-order chi connectivity index (χ1) is 4.09. The summed E-state index contributed by atoms with van der Waals surface area (Å²) in [4.78, 5) is 5.36. The zero-order valence-corrected chi connectivity index (χ0v) is 8.84. The molecule has 0 aromatic heterocycles. The Labute approximate surface area is 66.7 Å². The van der Waals surface area contributed by atoms with Crippen LogP contribution in [0.25, 0.3) is 0 Å². The van der Waals surface area contributed by atoms with Crippen LogP contribution >= 0.6 is 9.90 Å². The van der Waals surface area contributed by atoms with Gasteiger partial charge in [0.2, 0.25) is 0 Å². The van der Waals surface area contributed by atoms with Crippen molar-refractivity contribution in [2.24, 2.45) is 0 Å². The summed E-state index contributed by atoms with van der Waals surface area (Å²) in [5, 5.41) is 0. The molecule has 0 amide bonds. The van der Waals surface area contributed by atoms with Crippen molar-refractivity contribution in [1.82, 2.24) is 0 Å². The minimum Gasteiger partial charge on any atom is -0.153 e. The lowest BCUT2D eigenvalue weighted by molar-refractivity contribution is -0.954. The normalized spacial score (nSPS) is 21.0. The van der Waals surface area contributed by atoms with E-state index >= 15 is 0 Å². The van der Waals surface area contributed by atoms with E-state index in [2.05, 4.69) is 27.7 Å². The first-order valence-electron chi connectivity index (χ1n) is 3.61. The lowest BCUT2D eigenvalue weighted by atomic mass is 10.2. The molecule has 0 N–H and O–H groups in total. The van der Waals surface area contributed by atoms with Crippen LogP contribution in [0.2, 0.25) is 0 Å². The molecule has 2 nitrogen and oxygen atoms in total. The van der Waals surface area contributed by atoms with Crippen molar-refractivity contribution in [2.75, 3.05) is 6.73 Å². The van der Waals surface area contributed by atoms with Gasteiger partial charge in [0.15, 0.2) is 0 Å². The topological polar surface area (TPSA) is 12.5 Å². The zero-order valence-electron chi connectivity index (χ0n) is 7.42. The highest BCUT2D eigenvalue weighted by molar-refractivity contribution is 6.92. The first kappa shape index (κ1) is 10.3. The van der Waals surface area contributed by atoms with Gasteiger partial charge in [0.05, 0.1) is 0 Å². The second kappa shape index (κ2) is 3.17. The smallest absolute Gasteiger partial charge is 0.153 e. The quantitative estimate of drug-likeness (QED) is 0.343. The van der Waals surface area contributed by atoms with E-state index in [0.717, 1.165) is 11.4 Å². The van der Waals surface area contributed by atoms with E-state index in [1.165, 1.54) is 0 Å². The first-order valence-corrected chi connectivity index (χ1v) is 3.61. The molecule has 1 aliphatic heterocycles. The zero-order chi connectivity index (χ0) is 7.07. The molecule has 1 saturated heterocycles. The Morgan fingerprint density at radius 2 is 1.40 bits per heavy atom. The molecule has 0 saturated carbocycles. The van der Waals surface area contributed by atoms with Gasteiger partial charge in [0.1, 0.15) is 12.1 Å². The highest BCUT2D eigenvalue weighted by atomic mass is 31.0. The average Bonchev–Trinajstić information content (AvgIpc) is 2.40. The van der Waals surface area contributed by atoms with E-state index in [1.54, 1.807) is 0 Å². The number of hydroxylamine groups is 3. The fraction of sp³-hybridized carbons (Fsp3) is 1.00. The summed E-state index contributed by atoms with van der Waals surface area (Å²) < 4.78 is 0.861. The Bertz CT molecular complexity index is 100. The number of hydrogen-bond donors (Lipinski definition) is 0. The van der Waals surface area contributed by atoms with E-state index in [0.29, 0.717) is 12.1 Å². The SMILES string of the molecule is CC(C)[N+]1(C(C)C)CO1.P. The lowest BCUT2D eigenvalue weighted by Gasteiger charge is -2.19. The maximum atomic E-state index is 5.36. The summed E-state index contributed by atoms with van der Waals surface area (Å²) in [6, 6.07) is 1.23. The van der Waals surface area contributed by atoms with Gasteiger partial charge in [-0.3, -0.25) is 0 Å². The van der Waals surface area contributed by atoms with E-state index in [1.807, 2.05) is 0 Å². The van der Waals surface area contributed by atoms with Crippen LogP contribution in [0, 0.1) is 0 Å². The Hall–Kier alpha value is 0.350. The largest absolute Gasteiger partial charge is 0.265 e. The van der Waals surface area contributed by atoms with Gasteiger partial charge in [0, 0.05) is 0 Å². The molecule has 0 radical (unpaired) electrons. The molecule has 1 rings (SSSR count). The van der Waals surface area contributed by atoms with E-state index in [9.17, 15) is 0 Å².